The number of nitrogen functional groups attached to an aromatic ring is 1. The highest BCUT2D eigenvalue weighted by molar-refractivity contribution is 9.11. The lowest BCUT2D eigenvalue weighted by molar-refractivity contribution is 1.48. The van der Waals surface area contributed by atoms with Crippen LogP contribution >= 0.6 is 43.2 Å². The molecule has 5 heteroatoms. The highest BCUT2D eigenvalue weighted by atomic mass is 79.9. The Bertz CT molecular complexity index is 399. The average molecular weight is 308 g/mol. The molecule has 0 bridgehead atoms. The zero-order chi connectivity index (χ0) is 8.72. The summed E-state index contributed by atoms with van der Waals surface area (Å²) in [7, 11) is 0. The lowest BCUT2D eigenvalue weighted by atomic mass is 10.3. The van der Waals surface area contributed by atoms with Gasteiger partial charge >= 0.3 is 0 Å². The summed E-state index contributed by atoms with van der Waals surface area (Å²) in [5, 5.41) is 0.595. The Labute approximate surface area is 90.0 Å². The van der Waals surface area contributed by atoms with Crippen molar-refractivity contribution < 1.29 is 0 Å². The summed E-state index contributed by atoms with van der Waals surface area (Å²) in [5.74, 6) is 0. The fourth-order valence-electron chi connectivity index (χ4n) is 0.961. The highest BCUT2D eigenvalue weighted by Crippen LogP contribution is 2.34. The van der Waals surface area contributed by atoms with Gasteiger partial charge in [-0.15, -0.1) is 0 Å². The van der Waals surface area contributed by atoms with E-state index in [1.165, 1.54) is 11.3 Å². The van der Waals surface area contributed by atoms with Crippen LogP contribution in [-0.4, -0.2) is 4.98 Å². The second-order valence-electron chi connectivity index (χ2n) is 2.26. The second kappa shape index (κ2) is 2.97. The normalized spacial score (nSPS) is 10.8. The molecular weight excluding hydrogens is 304 g/mol. The molecule has 1 aromatic carbocycles. The van der Waals surface area contributed by atoms with Crippen LogP contribution in [-0.2, 0) is 0 Å². The number of nitrogens with two attached hydrogens (primary N) is 1. The van der Waals surface area contributed by atoms with E-state index >= 15 is 0 Å². The minimum Gasteiger partial charge on any atom is -0.375 e. The summed E-state index contributed by atoms with van der Waals surface area (Å²) < 4.78 is 3.10. The van der Waals surface area contributed by atoms with Crippen LogP contribution in [0.2, 0.25) is 0 Å². The molecule has 0 atom stereocenters. The van der Waals surface area contributed by atoms with Crippen LogP contribution in [0.3, 0.4) is 0 Å². The third-order valence-electron chi connectivity index (χ3n) is 1.46. The summed E-state index contributed by atoms with van der Waals surface area (Å²) >= 11 is 8.33. The Balaban J connectivity index is 2.93. The Morgan fingerprint density at radius 3 is 2.58 bits per heavy atom. The third kappa shape index (κ3) is 1.26. The number of aromatic nitrogens is 1. The minimum absolute atomic E-state index is 0.595. The first kappa shape index (κ1) is 8.47. The van der Waals surface area contributed by atoms with E-state index in [9.17, 15) is 0 Å². The fourth-order valence-corrected chi connectivity index (χ4v) is 2.84. The average Bonchev–Trinajstić information content (AvgIpc) is 2.41. The van der Waals surface area contributed by atoms with Crippen LogP contribution in [0.25, 0.3) is 10.2 Å². The maximum Gasteiger partial charge on any atom is 0.181 e. The number of benzene rings is 1. The molecule has 2 nitrogen and oxygen atoms in total. The van der Waals surface area contributed by atoms with E-state index in [0.717, 1.165) is 19.2 Å². The number of thiazole rings is 1. The van der Waals surface area contributed by atoms with E-state index < -0.39 is 0 Å². The SMILES string of the molecule is Nc1nc2c(Br)ccc(Br)c2s1. The van der Waals surface area contributed by atoms with E-state index in [1.54, 1.807) is 0 Å². The van der Waals surface area contributed by atoms with Crippen LogP contribution in [0.15, 0.2) is 21.1 Å². The van der Waals surface area contributed by atoms with E-state index in [2.05, 4.69) is 36.8 Å². The summed E-state index contributed by atoms with van der Waals surface area (Å²) in [5.41, 5.74) is 6.52. The molecule has 1 aromatic heterocycles. The summed E-state index contributed by atoms with van der Waals surface area (Å²) in [4.78, 5) is 4.19. The molecule has 0 unspecified atom stereocenters. The Morgan fingerprint density at radius 2 is 1.92 bits per heavy atom. The molecule has 0 saturated carbocycles. The van der Waals surface area contributed by atoms with Gasteiger partial charge in [0.05, 0.1) is 10.2 Å². The molecule has 2 N–H and O–H groups in total. The predicted molar refractivity (Wildman–Crippen MR) is 59.4 cm³/mol. The fraction of sp³-hybridized carbons (Fsp3) is 0. The topological polar surface area (TPSA) is 38.9 Å². The van der Waals surface area contributed by atoms with Crippen molar-refractivity contribution in [2.45, 2.75) is 0 Å². The highest BCUT2D eigenvalue weighted by Gasteiger charge is 2.07. The monoisotopic (exact) mass is 306 g/mol. The van der Waals surface area contributed by atoms with Crippen LogP contribution in [0, 0.1) is 0 Å². The van der Waals surface area contributed by atoms with Gasteiger partial charge in [0.2, 0.25) is 0 Å². The van der Waals surface area contributed by atoms with Gasteiger partial charge in [-0.25, -0.2) is 4.98 Å². The molecule has 0 aliphatic rings. The first-order valence-electron chi connectivity index (χ1n) is 3.18. The first-order chi connectivity index (χ1) is 5.68. The van der Waals surface area contributed by atoms with E-state index in [4.69, 9.17) is 5.73 Å². The van der Waals surface area contributed by atoms with Crippen LogP contribution < -0.4 is 5.73 Å². The third-order valence-corrected chi connectivity index (χ3v) is 3.94. The number of nitrogens with zero attached hydrogens (tertiary/aromatic N) is 1. The van der Waals surface area contributed by atoms with Crippen molar-refractivity contribution in [1.29, 1.82) is 0 Å². The lowest BCUT2D eigenvalue weighted by Crippen LogP contribution is -1.79. The molecule has 0 radical (unpaired) electrons. The van der Waals surface area contributed by atoms with Gasteiger partial charge in [-0.3, -0.25) is 0 Å². The summed E-state index contributed by atoms with van der Waals surface area (Å²) in [6.07, 6.45) is 0. The predicted octanol–water partition coefficient (Wildman–Crippen LogP) is 3.40. The molecule has 2 aromatic rings. The van der Waals surface area contributed by atoms with Gasteiger partial charge < -0.3 is 5.73 Å². The molecule has 0 aliphatic carbocycles. The van der Waals surface area contributed by atoms with Crippen LogP contribution in [0.1, 0.15) is 0 Å². The van der Waals surface area contributed by atoms with Gasteiger partial charge in [0.1, 0.15) is 0 Å². The van der Waals surface area contributed by atoms with Crippen molar-refractivity contribution in [2.75, 3.05) is 5.73 Å². The van der Waals surface area contributed by atoms with E-state index in [0.29, 0.717) is 5.13 Å². The zero-order valence-electron chi connectivity index (χ0n) is 5.84. The van der Waals surface area contributed by atoms with Crippen molar-refractivity contribution in [1.82, 2.24) is 4.98 Å². The summed E-state index contributed by atoms with van der Waals surface area (Å²) in [6, 6.07) is 3.93. The van der Waals surface area contributed by atoms with Gasteiger partial charge in [-0.05, 0) is 44.0 Å². The lowest BCUT2D eigenvalue weighted by Gasteiger charge is -1.93. The van der Waals surface area contributed by atoms with Crippen molar-refractivity contribution in [3.63, 3.8) is 0 Å². The minimum atomic E-state index is 0.595. The number of hydrogen-bond acceptors (Lipinski definition) is 3. The van der Waals surface area contributed by atoms with Crippen molar-refractivity contribution >= 4 is 58.5 Å². The summed E-state index contributed by atoms with van der Waals surface area (Å²) in [6.45, 7) is 0. The van der Waals surface area contributed by atoms with Crippen molar-refractivity contribution in [3.05, 3.63) is 21.1 Å². The van der Waals surface area contributed by atoms with Crippen molar-refractivity contribution in [3.8, 4) is 0 Å². The largest absolute Gasteiger partial charge is 0.375 e. The van der Waals surface area contributed by atoms with Crippen LogP contribution in [0.4, 0.5) is 5.13 Å². The number of anilines is 1. The maximum absolute atomic E-state index is 5.59. The van der Waals surface area contributed by atoms with Crippen molar-refractivity contribution in [2.24, 2.45) is 0 Å². The van der Waals surface area contributed by atoms with E-state index in [-0.39, 0.29) is 0 Å². The molecule has 2 rings (SSSR count). The van der Waals surface area contributed by atoms with E-state index in [1.807, 2.05) is 12.1 Å². The molecular formula is C7H4Br2N2S. The Morgan fingerprint density at radius 1 is 1.25 bits per heavy atom. The quantitative estimate of drug-likeness (QED) is 0.810. The van der Waals surface area contributed by atoms with Gasteiger partial charge in [0.15, 0.2) is 5.13 Å². The zero-order valence-corrected chi connectivity index (χ0v) is 9.83. The molecule has 0 aliphatic heterocycles. The number of hydrogen-bond donors (Lipinski definition) is 1. The van der Waals surface area contributed by atoms with Crippen LogP contribution in [0.5, 0.6) is 0 Å². The molecule has 0 saturated heterocycles. The molecule has 0 fully saturated rings. The number of rotatable bonds is 0. The van der Waals surface area contributed by atoms with Gasteiger partial charge in [-0.1, -0.05) is 11.3 Å². The molecule has 62 valence electrons. The smallest absolute Gasteiger partial charge is 0.181 e. The number of halogens is 2. The van der Waals surface area contributed by atoms with Gasteiger partial charge in [-0.2, -0.15) is 0 Å². The molecule has 0 spiro atoms. The van der Waals surface area contributed by atoms with Gasteiger partial charge in [0.25, 0.3) is 0 Å². The second-order valence-corrected chi connectivity index (χ2v) is 5.00. The Kier molecular flexibility index (Phi) is 2.10. The molecule has 0 amide bonds. The van der Waals surface area contributed by atoms with Gasteiger partial charge in [0, 0.05) is 8.95 Å². The molecule has 12 heavy (non-hydrogen) atoms. The first-order valence-corrected chi connectivity index (χ1v) is 5.59. The Hall–Kier alpha value is -0.130. The molecule has 1 heterocycles. The maximum atomic E-state index is 5.59. The number of fused-ring (bicyclic) bond motifs is 1. The standard InChI is InChI=1S/C7H4Br2N2S/c8-3-1-2-4(9)6-5(3)11-7(10)12-6/h1-2H,(H2,10,11).